The van der Waals surface area contributed by atoms with Crippen LogP contribution in [0.25, 0.3) is 0 Å². The molecule has 0 spiro atoms. The van der Waals surface area contributed by atoms with Crippen LogP contribution >= 0.6 is 0 Å². The second kappa shape index (κ2) is 7.46. The molecule has 3 rings (SSSR count). The van der Waals surface area contributed by atoms with Crippen molar-refractivity contribution >= 4 is 17.5 Å². The summed E-state index contributed by atoms with van der Waals surface area (Å²) in [5.74, 6) is -0.954. The number of anilines is 1. The summed E-state index contributed by atoms with van der Waals surface area (Å²) in [6.45, 7) is 3.80. The fourth-order valence-electron chi connectivity index (χ4n) is 3.04. The predicted molar refractivity (Wildman–Crippen MR) is 87.2 cm³/mol. The fraction of sp³-hybridized carbons (Fsp3) is 0.529. The second-order valence-corrected chi connectivity index (χ2v) is 5.96. The van der Waals surface area contributed by atoms with Gasteiger partial charge in [-0.15, -0.1) is 0 Å². The van der Waals surface area contributed by atoms with Gasteiger partial charge < -0.3 is 19.9 Å². The smallest absolute Gasteiger partial charge is 0.312 e. The lowest BCUT2D eigenvalue weighted by Crippen LogP contribution is -2.53. The second-order valence-electron chi connectivity index (χ2n) is 5.96. The third kappa shape index (κ3) is 4.01. The van der Waals surface area contributed by atoms with Crippen molar-refractivity contribution in [3.63, 3.8) is 0 Å². The minimum atomic E-state index is -0.520. The van der Waals surface area contributed by atoms with E-state index in [0.717, 1.165) is 38.2 Å². The van der Waals surface area contributed by atoms with Gasteiger partial charge in [-0.1, -0.05) is 18.2 Å². The summed E-state index contributed by atoms with van der Waals surface area (Å²) < 4.78 is 5.45. The Morgan fingerprint density at radius 3 is 2.52 bits per heavy atom. The first kappa shape index (κ1) is 15.8. The van der Waals surface area contributed by atoms with Crippen LogP contribution in [-0.2, 0) is 14.3 Å². The topological polar surface area (TPSA) is 61.9 Å². The molecule has 1 unspecified atom stereocenters. The van der Waals surface area contributed by atoms with E-state index in [2.05, 4.69) is 22.3 Å². The van der Waals surface area contributed by atoms with E-state index in [1.54, 1.807) is 4.90 Å². The molecular formula is C17H23N3O3. The van der Waals surface area contributed by atoms with Gasteiger partial charge >= 0.3 is 11.8 Å². The maximum Gasteiger partial charge on any atom is 0.312 e. The molecule has 2 saturated heterocycles. The van der Waals surface area contributed by atoms with Crippen molar-refractivity contribution in [3.05, 3.63) is 30.3 Å². The lowest BCUT2D eigenvalue weighted by molar-refractivity contribution is -0.146. The first-order valence-electron chi connectivity index (χ1n) is 8.23. The van der Waals surface area contributed by atoms with Crippen molar-refractivity contribution in [3.8, 4) is 0 Å². The highest BCUT2D eigenvalue weighted by molar-refractivity contribution is 6.35. The van der Waals surface area contributed by atoms with E-state index in [4.69, 9.17) is 4.74 Å². The van der Waals surface area contributed by atoms with Crippen molar-refractivity contribution in [1.29, 1.82) is 0 Å². The molecule has 2 aliphatic heterocycles. The molecule has 124 valence electrons. The highest BCUT2D eigenvalue weighted by atomic mass is 16.5. The summed E-state index contributed by atoms with van der Waals surface area (Å²) in [4.78, 5) is 28.0. The predicted octanol–water partition coefficient (Wildman–Crippen LogP) is 0.630. The third-order valence-electron chi connectivity index (χ3n) is 4.40. The number of para-hydroxylation sites is 1. The Hall–Kier alpha value is -2.08. The number of ether oxygens (including phenoxy) is 1. The van der Waals surface area contributed by atoms with Crippen LogP contribution in [0.3, 0.4) is 0 Å². The maximum absolute atomic E-state index is 12.2. The van der Waals surface area contributed by atoms with Gasteiger partial charge in [0.2, 0.25) is 0 Å². The Morgan fingerprint density at radius 2 is 1.87 bits per heavy atom. The van der Waals surface area contributed by atoms with Gasteiger partial charge in [-0.25, -0.2) is 0 Å². The molecular weight excluding hydrogens is 294 g/mol. The number of amides is 2. The monoisotopic (exact) mass is 317 g/mol. The summed E-state index contributed by atoms with van der Waals surface area (Å²) >= 11 is 0. The van der Waals surface area contributed by atoms with Gasteiger partial charge in [0.15, 0.2) is 0 Å². The summed E-state index contributed by atoms with van der Waals surface area (Å²) in [5.41, 5.74) is 1.16. The number of carbonyl (C=O) groups excluding carboxylic acids is 2. The average Bonchev–Trinajstić information content (AvgIpc) is 3.13. The van der Waals surface area contributed by atoms with Gasteiger partial charge in [-0.2, -0.15) is 0 Å². The zero-order chi connectivity index (χ0) is 16.1. The van der Waals surface area contributed by atoms with Crippen molar-refractivity contribution in [2.75, 3.05) is 44.2 Å². The summed E-state index contributed by atoms with van der Waals surface area (Å²) in [5, 5.41) is 2.70. The molecule has 0 saturated carbocycles. The molecule has 2 fully saturated rings. The minimum absolute atomic E-state index is 0.0571. The van der Waals surface area contributed by atoms with Gasteiger partial charge in [0.25, 0.3) is 0 Å². The van der Waals surface area contributed by atoms with E-state index in [9.17, 15) is 9.59 Å². The number of hydrogen-bond donors (Lipinski definition) is 1. The van der Waals surface area contributed by atoms with Crippen LogP contribution in [0.4, 0.5) is 5.69 Å². The molecule has 1 aromatic carbocycles. The van der Waals surface area contributed by atoms with Crippen molar-refractivity contribution in [1.82, 2.24) is 10.2 Å². The molecule has 1 N–H and O–H groups in total. The van der Waals surface area contributed by atoms with E-state index < -0.39 is 11.8 Å². The molecule has 2 heterocycles. The van der Waals surface area contributed by atoms with Crippen LogP contribution in [0.2, 0.25) is 0 Å². The molecule has 1 atom stereocenters. The molecule has 1 aromatic rings. The van der Waals surface area contributed by atoms with Gasteiger partial charge in [-0.3, -0.25) is 9.59 Å². The van der Waals surface area contributed by atoms with Crippen LogP contribution < -0.4 is 10.2 Å². The number of nitrogens with zero attached hydrogens (tertiary/aromatic N) is 2. The number of rotatable bonds is 3. The quantitative estimate of drug-likeness (QED) is 0.831. The lowest BCUT2D eigenvalue weighted by Gasteiger charge is -2.35. The molecule has 0 radical (unpaired) electrons. The van der Waals surface area contributed by atoms with Gasteiger partial charge in [0.1, 0.15) is 0 Å². The van der Waals surface area contributed by atoms with Gasteiger partial charge in [-0.05, 0) is 25.0 Å². The lowest BCUT2D eigenvalue weighted by atomic mass is 10.2. The summed E-state index contributed by atoms with van der Waals surface area (Å²) in [6.07, 6.45) is 2.03. The maximum atomic E-state index is 12.2. The van der Waals surface area contributed by atoms with E-state index in [1.807, 2.05) is 18.2 Å². The molecule has 6 nitrogen and oxygen atoms in total. The van der Waals surface area contributed by atoms with Crippen LogP contribution in [-0.4, -0.2) is 62.1 Å². The summed E-state index contributed by atoms with van der Waals surface area (Å²) in [6, 6.07) is 10.1. The van der Waals surface area contributed by atoms with Crippen molar-refractivity contribution in [2.45, 2.75) is 18.9 Å². The minimum Gasteiger partial charge on any atom is -0.376 e. The van der Waals surface area contributed by atoms with Gasteiger partial charge in [0, 0.05) is 45.0 Å². The molecule has 2 aliphatic rings. The van der Waals surface area contributed by atoms with E-state index >= 15 is 0 Å². The Labute approximate surface area is 136 Å². The molecule has 23 heavy (non-hydrogen) atoms. The number of carbonyl (C=O) groups is 2. The zero-order valence-electron chi connectivity index (χ0n) is 13.2. The normalized spacial score (nSPS) is 21.3. The number of hydrogen-bond acceptors (Lipinski definition) is 4. The van der Waals surface area contributed by atoms with Gasteiger partial charge in [0.05, 0.1) is 6.10 Å². The first-order valence-corrected chi connectivity index (χ1v) is 8.23. The summed E-state index contributed by atoms with van der Waals surface area (Å²) in [7, 11) is 0. The largest absolute Gasteiger partial charge is 0.376 e. The van der Waals surface area contributed by atoms with E-state index in [-0.39, 0.29) is 6.10 Å². The highest BCUT2D eigenvalue weighted by Gasteiger charge is 2.27. The van der Waals surface area contributed by atoms with Crippen molar-refractivity contribution in [2.24, 2.45) is 0 Å². The number of piperazine rings is 1. The highest BCUT2D eigenvalue weighted by Crippen LogP contribution is 2.15. The Morgan fingerprint density at radius 1 is 1.13 bits per heavy atom. The number of nitrogens with one attached hydrogen (secondary N) is 1. The standard InChI is InChI=1S/C17H23N3O3/c21-16(18-13-15-7-4-12-23-15)17(22)20-10-8-19(9-11-20)14-5-2-1-3-6-14/h1-3,5-6,15H,4,7-13H2,(H,18,21). The third-order valence-corrected chi connectivity index (χ3v) is 4.40. The first-order chi connectivity index (χ1) is 11.2. The van der Waals surface area contributed by atoms with Crippen molar-refractivity contribution < 1.29 is 14.3 Å². The van der Waals surface area contributed by atoms with Crippen LogP contribution in [0.1, 0.15) is 12.8 Å². The molecule has 2 amide bonds. The fourth-order valence-corrected chi connectivity index (χ4v) is 3.04. The molecule has 0 aliphatic carbocycles. The molecule has 6 heteroatoms. The van der Waals surface area contributed by atoms with Crippen LogP contribution in [0.15, 0.2) is 30.3 Å². The average molecular weight is 317 g/mol. The van der Waals surface area contributed by atoms with Crippen LogP contribution in [0.5, 0.6) is 0 Å². The SMILES string of the molecule is O=C(NCC1CCCO1)C(=O)N1CCN(c2ccccc2)CC1. The Bertz CT molecular complexity index is 535. The molecule has 0 bridgehead atoms. The number of benzene rings is 1. The molecule has 0 aromatic heterocycles. The Balaban J connectivity index is 1.45. The zero-order valence-corrected chi connectivity index (χ0v) is 13.2. The van der Waals surface area contributed by atoms with E-state index in [1.165, 1.54) is 0 Å². The Kier molecular flexibility index (Phi) is 5.12. The van der Waals surface area contributed by atoms with Crippen LogP contribution in [0, 0.1) is 0 Å². The van der Waals surface area contributed by atoms with E-state index in [0.29, 0.717) is 19.6 Å².